The monoisotopic (exact) mass is 324 g/mol. The normalized spacial score (nSPS) is 10.9. The quantitative estimate of drug-likeness (QED) is 0.411. The predicted molar refractivity (Wildman–Crippen MR) is 103 cm³/mol. The van der Waals surface area contributed by atoms with Crippen molar-refractivity contribution >= 4 is 0 Å². The largest absolute Gasteiger partial charge is 0.255 e. The molecule has 0 saturated heterocycles. The number of pyridine rings is 2. The lowest BCUT2D eigenvalue weighted by Crippen LogP contribution is -1.95. The van der Waals surface area contributed by atoms with Crippen LogP contribution < -0.4 is 0 Å². The summed E-state index contributed by atoms with van der Waals surface area (Å²) in [5, 5.41) is 0. The van der Waals surface area contributed by atoms with Crippen LogP contribution in [0.25, 0.3) is 11.4 Å². The fraction of sp³-hybridized carbons (Fsp3) is 0.545. The summed E-state index contributed by atoms with van der Waals surface area (Å²) in [4.78, 5) is 9.00. The highest BCUT2D eigenvalue weighted by Gasteiger charge is 2.06. The van der Waals surface area contributed by atoms with Crippen molar-refractivity contribution < 1.29 is 0 Å². The van der Waals surface area contributed by atoms with Gasteiger partial charge in [0.05, 0.1) is 11.4 Å². The van der Waals surface area contributed by atoms with Crippen molar-refractivity contribution in [3.05, 3.63) is 48.3 Å². The molecule has 0 amide bonds. The maximum absolute atomic E-state index is 4.55. The summed E-state index contributed by atoms with van der Waals surface area (Å²) >= 11 is 0. The van der Waals surface area contributed by atoms with E-state index >= 15 is 0 Å². The second-order valence-corrected chi connectivity index (χ2v) is 6.66. The Balaban J connectivity index is 1.65. The molecule has 0 N–H and O–H groups in total. The Labute approximate surface area is 147 Å². The van der Waals surface area contributed by atoms with Gasteiger partial charge in [-0.1, -0.05) is 76.8 Å². The average molecular weight is 325 g/mol. The Bertz CT molecular complexity index is 551. The third-order valence-electron chi connectivity index (χ3n) is 4.60. The SMILES string of the molecule is CCCCCCCCCCCCc1cccnc1-c1ccccn1. The van der Waals surface area contributed by atoms with Crippen molar-refractivity contribution in [2.75, 3.05) is 0 Å². The zero-order valence-corrected chi connectivity index (χ0v) is 15.2. The van der Waals surface area contributed by atoms with Gasteiger partial charge in [0.2, 0.25) is 0 Å². The van der Waals surface area contributed by atoms with Gasteiger partial charge in [-0.25, -0.2) is 0 Å². The molecule has 0 aliphatic carbocycles. The minimum atomic E-state index is 0.986. The smallest absolute Gasteiger partial charge is 0.0918 e. The first-order chi connectivity index (χ1) is 11.9. The third kappa shape index (κ3) is 6.82. The van der Waals surface area contributed by atoms with Gasteiger partial charge in [-0.05, 0) is 36.6 Å². The molecule has 0 spiro atoms. The van der Waals surface area contributed by atoms with E-state index in [1.807, 2.05) is 36.7 Å². The molecule has 0 fully saturated rings. The molecule has 24 heavy (non-hydrogen) atoms. The first kappa shape index (κ1) is 18.6. The average Bonchev–Trinajstić information content (AvgIpc) is 2.64. The highest BCUT2D eigenvalue weighted by molar-refractivity contribution is 5.58. The number of unbranched alkanes of at least 4 members (excludes halogenated alkanes) is 9. The van der Waals surface area contributed by atoms with Crippen LogP contribution in [0.1, 0.15) is 76.7 Å². The van der Waals surface area contributed by atoms with Gasteiger partial charge in [0.15, 0.2) is 0 Å². The van der Waals surface area contributed by atoms with E-state index in [9.17, 15) is 0 Å². The number of aryl methyl sites for hydroxylation is 1. The van der Waals surface area contributed by atoms with Crippen molar-refractivity contribution in [2.24, 2.45) is 0 Å². The van der Waals surface area contributed by atoms with Crippen LogP contribution in [-0.4, -0.2) is 9.97 Å². The van der Waals surface area contributed by atoms with Gasteiger partial charge >= 0.3 is 0 Å². The molecule has 2 aromatic rings. The highest BCUT2D eigenvalue weighted by Crippen LogP contribution is 2.21. The number of hydrogen-bond donors (Lipinski definition) is 0. The molecule has 0 bridgehead atoms. The van der Waals surface area contributed by atoms with E-state index < -0.39 is 0 Å². The van der Waals surface area contributed by atoms with Gasteiger partial charge in [0.25, 0.3) is 0 Å². The van der Waals surface area contributed by atoms with Gasteiger partial charge in [-0.3, -0.25) is 9.97 Å². The highest BCUT2D eigenvalue weighted by atomic mass is 14.8. The molecule has 0 aromatic carbocycles. The summed E-state index contributed by atoms with van der Waals surface area (Å²) in [6.45, 7) is 2.28. The van der Waals surface area contributed by atoms with Crippen molar-refractivity contribution in [3.8, 4) is 11.4 Å². The maximum Gasteiger partial charge on any atom is 0.0918 e. The van der Waals surface area contributed by atoms with Gasteiger partial charge in [-0.2, -0.15) is 0 Å². The Morgan fingerprint density at radius 3 is 2.00 bits per heavy atom. The Morgan fingerprint density at radius 1 is 0.667 bits per heavy atom. The molecular formula is C22H32N2. The Morgan fingerprint density at radius 2 is 1.33 bits per heavy atom. The van der Waals surface area contributed by atoms with Crippen LogP contribution in [0, 0.1) is 0 Å². The van der Waals surface area contributed by atoms with E-state index in [0.717, 1.165) is 17.8 Å². The predicted octanol–water partition coefficient (Wildman–Crippen LogP) is 6.61. The van der Waals surface area contributed by atoms with Gasteiger partial charge in [0.1, 0.15) is 0 Å². The van der Waals surface area contributed by atoms with Gasteiger partial charge < -0.3 is 0 Å². The standard InChI is InChI=1S/C22H32N2/c1-2-3-4-5-6-7-8-9-10-11-15-20-16-14-19-24-22(20)21-17-12-13-18-23-21/h12-14,16-19H,2-11,15H2,1H3. The van der Waals surface area contributed by atoms with Crippen LogP contribution in [0.3, 0.4) is 0 Å². The summed E-state index contributed by atoms with van der Waals surface area (Å²) in [5.41, 5.74) is 3.37. The minimum Gasteiger partial charge on any atom is -0.255 e. The second kappa shape index (κ2) is 11.8. The van der Waals surface area contributed by atoms with E-state index in [4.69, 9.17) is 0 Å². The lowest BCUT2D eigenvalue weighted by Gasteiger charge is -2.08. The van der Waals surface area contributed by atoms with Crippen molar-refractivity contribution in [1.29, 1.82) is 0 Å². The molecule has 2 nitrogen and oxygen atoms in total. The summed E-state index contributed by atoms with van der Waals surface area (Å²) in [5.74, 6) is 0. The van der Waals surface area contributed by atoms with Crippen molar-refractivity contribution in [1.82, 2.24) is 9.97 Å². The van der Waals surface area contributed by atoms with E-state index in [2.05, 4.69) is 23.0 Å². The van der Waals surface area contributed by atoms with Gasteiger partial charge in [-0.15, -0.1) is 0 Å². The molecule has 2 aromatic heterocycles. The fourth-order valence-electron chi connectivity index (χ4n) is 3.18. The van der Waals surface area contributed by atoms with Crippen LogP contribution in [0.4, 0.5) is 0 Å². The summed E-state index contributed by atoms with van der Waals surface area (Å²) in [6, 6.07) is 10.3. The summed E-state index contributed by atoms with van der Waals surface area (Å²) < 4.78 is 0. The van der Waals surface area contributed by atoms with Crippen LogP contribution in [-0.2, 0) is 6.42 Å². The molecule has 2 rings (SSSR count). The zero-order chi connectivity index (χ0) is 16.9. The van der Waals surface area contributed by atoms with Crippen LogP contribution in [0.5, 0.6) is 0 Å². The van der Waals surface area contributed by atoms with E-state index in [1.165, 1.54) is 69.8 Å². The van der Waals surface area contributed by atoms with E-state index in [0.29, 0.717) is 0 Å². The first-order valence-electron chi connectivity index (χ1n) is 9.77. The topological polar surface area (TPSA) is 25.8 Å². The molecular weight excluding hydrogens is 292 g/mol. The number of aromatic nitrogens is 2. The summed E-state index contributed by atoms with van der Waals surface area (Å²) in [6.07, 6.45) is 18.6. The number of rotatable bonds is 12. The molecule has 0 aliphatic heterocycles. The fourth-order valence-corrected chi connectivity index (χ4v) is 3.18. The minimum absolute atomic E-state index is 0.986. The van der Waals surface area contributed by atoms with Gasteiger partial charge in [0, 0.05) is 12.4 Å². The molecule has 0 radical (unpaired) electrons. The lowest BCUT2D eigenvalue weighted by molar-refractivity contribution is 0.556. The maximum atomic E-state index is 4.55. The van der Waals surface area contributed by atoms with E-state index in [-0.39, 0.29) is 0 Å². The van der Waals surface area contributed by atoms with E-state index in [1.54, 1.807) is 0 Å². The van der Waals surface area contributed by atoms with Crippen LogP contribution in [0.2, 0.25) is 0 Å². The molecule has 2 heteroatoms. The Hall–Kier alpha value is -1.70. The zero-order valence-electron chi connectivity index (χ0n) is 15.2. The molecule has 0 saturated carbocycles. The van der Waals surface area contributed by atoms with Crippen molar-refractivity contribution in [3.63, 3.8) is 0 Å². The van der Waals surface area contributed by atoms with Crippen molar-refractivity contribution in [2.45, 2.75) is 77.6 Å². The molecule has 0 aliphatic rings. The number of hydrogen-bond acceptors (Lipinski definition) is 2. The molecule has 2 heterocycles. The van der Waals surface area contributed by atoms with Crippen LogP contribution >= 0.6 is 0 Å². The summed E-state index contributed by atoms with van der Waals surface area (Å²) in [7, 11) is 0. The van der Waals surface area contributed by atoms with Crippen LogP contribution in [0.15, 0.2) is 42.7 Å². The second-order valence-electron chi connectivity index (χ2n) is 6.66. The Kier molecular flexibility index (Phi) is 9.15. The lowest BCUT2D eigenvalue weighted by atomic mass is 10.0. The number of nitrogens with zero attached hydrogens (tertiary/aromatic N) is 2. The third-order valence-corrected chi connectivity index (χ3v) is 4.60. The first-order valence-corrected chi connectivity index (χ1v) is 9.77. The molecule has 130 valence electrons. The molecule has 0 unspecified atom stereocenters. The molecule has 0 atom stereocenters.